The molecule has 152 valence electrons. The standard InChI is InChI=1S/C18H16F3N5O2S/c1-4-13-23-24-17(29-13)22-16(28)15(27)14-9(2)25-26(10(14)3)12-7-5-6-11(8-12)18(19,20)21/h5-8H,4H2,1-3H3,(H,22,24,28). The fourth-order valence-corrected chi connectivity index (χ4v) is 3.43. The molecule has 0 aliphatic carbocycles. The highest BCUT2D eigenvalue weighted by Crippen LogP contribution is 2.31. The fraction of sp³-hybridized carbons (Fsp3) is 0.278. The molecule has 2 aromatic heterocycles. The summed E-state index contributed by atoms with van der Waals surface area (Å²) >= 11 is 1.15. The number of hydrogen-bond donors (Lipinski definition) is 1. The Morgan fingerprint density at radius 1 is 1.21 bits per heavy atom. The van der Waals surface area contributed by atoms with E-state index in [0.29, 0.717) is 11.4 Å². The van der Waals surface area contributed by atoms with Gasteiger partial charge in [-0.1, -0.05) is 24.3 Å². The summed E-state index contributed by atoms with van der Waals surface area (Å²) in [5, 5.41) is 15.1. The molecule has 0 saturated heterocycles. The number of ketones is 1. The maximum absolute atomic E-state index is 13.0. The van der Waals surface area contributed by atoms with Crippen LogP contribution in [0.4, 0.5) is 18.3 Å². The van der Waals surface area contributed by atoms with Crippen molar-refractivity contribution in [1.82, 2.24) is 20.0 Å². The van der Waals surface area contributed by atoms with E-state index in [1.54, 1.807) is 0 Å². The van der Waals surface area contributed by atoms with Gasteiger partial charge in [0.1, 0.15) is 5.01 Å². The van der Waals surface area contributed by atoms with Crippen molar-refractivity contribution in [3.8, 4) is 5.69 Å². The summed E-state index contributed by atoms with van der Waals surface area (Å²) in [6.07, 6.45) is -3.87. The summed E-state index contributed by atoms with van der Waals surface area (Å²) in [6, 6.07) is 4.57. The van der Waals surface area contributed by atoms with Gasteiger partial charge in [0.2, 0.25) is 5.13 Å². The highest BCUT2D eigenvalue weighted by Gasteiger charge is 2.31. The summed E-state index contributed by atoms with van der Waals surface area (Å²) < 4.78 is 40.2. The first-order valence-corrected chi connectivity index (χ1v) is 9.35. The molecule has 0 fully saturated rings. The van der Waals surface area contributed by atoms with Crippen molar-refractivity contribution < 1.29 is 22.8 Å². The van der Waals surface area contributed by atoms with Gasteiger partial charge in [0.25, 0.3) is 11.7 Å². The lowest BCUT2D eigenvalue weighted by atomic mass is 10.1. The molecule has 0 aliphatic heterocycles. The van der Waals surface area contributed by atoms with Crippen LogP contribution in [-0.4, -0.2) is 31.7 Å². The van der Waals surface area contributed by atoms with Crippen LogP contribution in [0.3, 0.4) is 0 Å². The predicted octanol–water partition coefficient (Wildman–Crippen LogP) is 3.74. The van der Waals surface area contributed by atoms with Crippen LogP contribution in [0.5, 0.6) is 0 Å². The van der Waals surface area contributed by atoms with Gasteiger partial charge in [-0.3, -0.25) is 14.9 Å². The molecule has 3 rings (SSSR count). The van der Waals surface area contributed by atoms with Crippen molar-refractivity contribution in [3.05, 3.63) is 51.8 Å². The Morgan fingerprint density at radius 2 is 1.93 bits per heavy atom. The quantitative estimate of drug-likeness (QED) is 0.499. The molecule has 1 amide bonds. The van der Waals surface area contributed by atoms with Crippen molar-refractivity contribution in [2.75, 3.05) is 5.32 Å². The summed E-state index contributed by atoms with van der Waals surface area (Å²) in [5.41, 5.74) is -0.187. The number of carbonyl (C=O) groups is 2. The summed E-state index contributed by atoms with van der Waals surface area (Å²) in [4.78, 5) is 25.0. The maximum Gasteiger partial charge on any atom is 0.416 e. The zero-order valence-corrected chi connectivity index (χ0v) is 16.5. The zero-order chi connectivity index (χ0) is 21.3. The Kier molecular flexibility index (Phi) is 5.51. The molecule has 0 saturated carbocycles. The first-order valence-electron chi connectivity index (χ1n) is 8.53. The van der Waals surface area contributed by atoms with Crippen LogP contribution in [0.1, 0.15) is 39.2 Å². The van der Waals surface area contributed by atoms with Gasteiger partial charge in [0, 0.05) is 0 Å². The van der Waals surface area contributed by atoms with E-state index in [2.05, 4.69) is 20.6 Å². The zero-order valence-electron chi connectivity index (χ0n) is 15.7. The van der Waals surface area contributed by atoms with Crippen molar-refractivity contribution in [2.24, 2.45) is 0 Å². The van der Waals surface area contributed by atoms with Crippen LogP contribution in [0, 0.1) is 13.8 Å². The van der Waals surface area contributed by atoms with E-state index in [1.165, 1.54) is 30.7 Å². The molecule has 0 radical (unpaired) electrons. The van der Waals surface area contributed by atoms with Crippen LogP contribution in [0.15, 0.2) is 24.3 Å². The molecule has 0 unspecified atom stereocenters. The number of halogens is 3. The lowest BCUT2D eigenvalue weighted by molar-refractivity contribution is -0.137. The third-order valence-corrected chi connectivity index (χ3v) is 5.12. The third-order valence-electron chi connectivity index (χ3n) is 4.13. The highest BCUT2D eigenvalue weighted by molar-refractivity contribution is 7.15. The maximum atomic E-state index is 13.0. The number of Topliss-reactive ketones (excluding diaryl/α,β-unsaturated/α-hetero) is 1. The monoisotopic (exact) mass is 423 g/mol. The predicted molar refractivity (Wildman–Crippen MR) is 100 cm³/mol. The summed E-state index contributed by atoms with van der Waals surface area (Å²) in [6.45, 7) is 4.91. The average molecular weight is 423 g/mol. The van der Waals surface area contributed by atoms with Gasteiger partial charge >= 0.3 is 6.18 Å². The van der Waals surface area contributed by atoms with Crippen LogP contribution in [-0.2, 0) is 17.4 Å². The van der Waals surface area contributed by atoms with Gasteiger partial charge in [-0.2, -0.15) is 18.3 Å². The van der Waals surface area contributed by atoms with Gasteiger partial charge in [-0.05, 0) is 38.5 Å². The van der Waals surface area contributed by atoms with Crippen molar-refractivity contribution in [3.63, 3.8) is 0 Å². The van der Waals surface area contributed by atoms with Gasteiger partial charge in [-0.25, -0.2) is 4.68 Å². The molecule has 7 nitrogen and oxygen atoms in total. The number of amides is 1. The lowest BCUT2D eigenvalue weighted by Crippen LogP contribution is -2.24. The Bertz CT molecular complexity index is 1090. The molecule has 1 N–H and O–H groups in total. The third kappa shape index (κ3) is 4.19. The number of nitrogens with zero attached hydrogens (tertiary/aromatic N) is 4. The number of hydrogen-bond acceptors (Lipinski definition) is 6. The largest absolute Gasteiger partial charge is 0.416 e. The van der Waals surface area contributed by atoms with E-state index >= 15 is 0 Å². The second kappa shape index (κ2) is 7.74. The number of anilines is 1. The normalized spacial score (nSPS) is 11.5. The van der Waals surface area contributed by atoms with E-state index in [9.17, 15) is 22.8 Å². The Hall–Kier alpha value is -3.08. The van der Waals surface area contributed by atoms with Gasteiger partial charge in [0.05, 0.1) is 28.2 Å². The molecule has 3 aromatic rings. The van der Waals surface area contributed by atoms with E-state index in [0.717, 1.165) is 23.5 Å². The molecule has 0 atom stereocenters. The smallest absolute Gasteiger partial charge is 0.294 e. The van der Waals surface area contributed by atoms with Crippen LogP contribution in [0.25, 0.3) is 5.69 Å². The Labute approximate surface area is 167 Å². The highest BCUT2D eigenvalue weighted by atomic mass is 32.1. The van der Waals surface area contributed by atoms with Crippen molar-refractivity contribution in [2.45, 2.75) is 33.4 Å². The first kappa shape index (κ1) is 20.6. The first-order chi connectivity index (χ1) is 13.6. The summed E-state index contributed by atoms with van der Waals surface area (Å²) in [5.74, 6) is -1.77. The Balaban J connectivity index is 1.91. The number of rotatable bonds is 5. The molecular weight excluding hydrogens is 407 g/mol. The van der Waals surface area contributed by atoms with Crippen molar-refractivity contribution >= 4 is 28.2 Å². The number of carbonyl (C=O) groups excluding carboxylic acids is 2. The van der Waals surface area contributed by atoms with Gasteiger partial charge < -0.3 is 0 Å². The SMILES string of the molecule is CCc1nnc(NC(=O)C(=O)c2c(C)nn(-c3cccc(C(F)(F)F)c3)c2C)s1. The molecule has 11 heteroatoms. The molecule has 2 heterocycles. The molecule has 0 aliphatic rings. The van der Waals surface area contributed by atoms with Crippen molar-refractivity contribution in [1.29, 1.82) is 0 Å². The molecule has 29 heavy (non-hydrogen) atoms. The van der Waals surface area contributed by atoms with Crippen LogP contribution in [0.2, 0.25) is 0 Å². The number of aromatic nitrogens is 4. The molecule has 0 spiro atoms. The fourth-order valence-electron chi connectivity index (χ4n) is 2.75. The van der Waals surface area contributed by atoms with E-state index in [1.807, 2.05) is 6.92 Å². The van der Waals surface area contributed by atoms with Gasteiger partial charge in [0.15, 0.2) is 0 Å². The average Bonchev–Trinajstić information content (AvgIpc) is 3.24. The topological polar surface area (TPSA) is 89.8 Å². The van der Waals surface area contributed by atoms with Crippen LogP contribution < -0.4 is 5.32 Å². The van der Waals surface area contributed by atoms with E-state index in [4.69, 9.17) is 0 Å². The minimum Gasteiger partial charge on any atom is -0.294 e. The molecule has 1 aromatic carbocycles. The molecular formula is C18H16F3N5O2S. The molecule has 0 bridgehead atoms. The van der Waals surface area contributed by atoms with E-state index < -0.39 is 23.4 Å². The van der Waals surface area contributed by atoms with Gasteiger partial charge in [-0.15, -0.1) is 10.2 Å². The summed E-state index contributed by atoms with van der Waals surface area (Å²) in [7, 11) is 0. The lowest BCUT2D eigenvalue weighted by Gasteiger charge is -2.10. The second-order valence-electron chi connectivity index (χ2n) is 6.14. The minimum absolute atomic E-state index is 0.0279. The number of benzene rings is 1. The number of alkyl halides is 3. The second-order valence-corrected chi connectivity index (χ2v) is 7.21. The Morgan fingerprint density at radius 3 is 2.55 bits per heavy atom. The van der Waals surface area contributed by atoms with Crippen LogP contribution >= 0.6 is 11.3 Å². The minimum atomic E-state index is -4.51. The van der Waals surface area contributed by atoms with E-state index in [-0.39, 0.29) is 27.8 Å². The number of aryl methyl sites for hydroxylation is 2. The number of nitrogens with one attached hydrogen (secondary N) is 1.